The molecule has 0 radical (unpaired) electrons. The third kappa shape index (κ3) is 4.79. The second-order valence-corrected chi connectivity index (χ2v) is 8.32. The Morgan fingerprint density at radius 1 is 1.16 bits per heavy atom. The van der Waals surface area contributed by atoms with E-state index < -0.39 is 29.5 Å². The van der Waals surface area contributed by atoms with E-state index in [1.54, 1.807) is 0 Å². The molecule has 0 bridgehead atoms. The molecule has 2 unspecified atom stereocenters. The van der Waals surface area contributed by atoms with E-state index in [1.807, 2.05) is 0 Å². The maximum Gasteiger partial charge on any atom is 0.312 e. The lowest BCUT2D eigenvalue weighted by molar-refractivity contribution is -0.148. The van der Waals surface area contributed by atoms with Crippen LogP contribution in [0, 0.1) is 17.6 Å². The van der Waals surface area contributed by atoms with Crippen molar-refractivity contribution in [2.75, 3.05) is 20.2 Å². The fourth-order valence-electron chi connectivity index (χ4n) is 4.63. The molecule has 1 saturated heterocycles. The molecule has 1 aliphatic heterocycles. The Labute approximate surface area is 184 Å². The highest BCUT2D eigenvalue weighted by atomic mass is 19.1. The van der Waals surface area contributed by atoms with Gasteiger partial charge in [-0.1, -0.05) is 19.3 Å². The van der Waals surface area contributed by atoms with E-state index in [-0.39, 0.29) is 23.3 Å². The summed E-state index contributed by atoms with van der Waals surface area (Å²) in [6.45, 7) is 1.27. The second-order valence-electron chi connectivity index (χ2n) is 8.32. The summed E-state index contributed by atoms with van der Waals surface area (Å²) in [7, 11) is 1.34. The van der Waals surface area contributed by atoms with Crippen LogP contribution in [0.5, 0.6) is 0 Å². The van der Waals surface area contributed by atoms with E-state index >= 15 is 0 Å². The number of esters is 1. The Bertz CT molecular complexity index is 977. The molecule has 1 N–H and O–H groups in total. The number of aromatic nitrogens is 2. The minimum Gasteiger partial charge on any atom is -0.469 e. The number of hydrogen-bond acceptors (Lipinski definition) is 7. The minimum atomic E-state index is -0.874. The first kappa shape index (κ1) is 22.3. The number of rotatable bonds is 5. The van der Waals surface area contributed by atoms with Crippen LogP contribution < -0.4 is 5.32 Å². The zero-order valence-electron chi connectivity index (χ0n) is 17.9. The molecule has 8 nitrogen and oxygen atoms in total. The molecule has 2 aliphatic rings. The van der Waals surface area contributed by atoms with Gasteiger partial charge < -0.3 is 14.5 Å². The first-order chi connectivity index (χ1) is 15.5. The summed E-state index contributed by atoms with van der Waals surface area (Å²) < 4.78 is 37.4. The lowest BCUT2D eigenvalue weighted by Crippen LogP contribution is -2.56. The molecule has 0 spiro atoms. The Morgan fingerprint density at radius 3 is 2.66 bits per heavy atom. The Hall–Kier alpha value is -2.88. The largest absolute Gasteiger partial charge is 0.469 e. The summed E-state index contributed by atoms with van der Waals surface area (Å²) in [5, 5.41) is 10.2. The monoisotopic (exact) mass is 448 g/mol. The number of nitrogens with one attached hydrogen (secondary N) is 1. The fraction of sp³-hybridized carbons (Fsp3) is 0.545. The number of methoxy groups -OCH3 is 1. The molecule has 1 amide bonds. The van der Waals surface area contributed by atoms with Crippen molar-refractivity contribution in [1.82, 2.24) is 20.4 Å². The zero-order chi connectivity index (χ0) is 22.7. The van der Waals surface area contributed by atoms with Crippen LogP contribution in [0.15, 0.2) is 22.6 Å². The second kappa shape index (κ2) is 9.72. The molecule has 2 fully saturated rings. The SMILES string of the molecule is COC(=O)C1CN(C2CCCCC2)CCC1NC(=O)c1nnc(-c2ccc(F)cc2F)o1. The highest BCUT2D eigenvalue weighted by Gasteiger charge is 2.39. The van der Waals surface area contributed by atoms with Crippen LogP contribution in [-0.4, -0.2) is 59.3 Å². The maximum atomic E-state index is 14.0. The Kier molecular flexibility index (Phi) is 6.78. The molecule has 4 rings (SSSR count). The molecule has 2 heterocycles. The first-order valence-electron chi connectivity index (χ1n) is 10.9. The summed E-state index contributed by atoms with van der Waals surface area (Å²) in [6.07, 6.45) is 6.45. The van der Waals surface area contributed by atoms with Crippen LogP contribution in [0.1, 0.15) is 49.2 Å². The minimum absolute atomic E-state index is 0.105. The lowest BCUT2D eigenvalue weighted by atomic mass is 9.87. The van der Waals surface area contributed by atoms with E-state index in [2.05, 4.69) is 20.4 Å². The Morgan fingerprint density at radius 2 is 1.94 bits per heavy atom. The average molecular weight is 448 g/mol. The number of likely N-dealkylation sites (tertiary alicyclic amines) is 1. The Balaban J connectivity index is 1.44. The van der Waals surface area contributed by atoms with Crippen molar-refractivity contribution >= 4 is 11.9 Å². The normalized spacial score (nSPS) is 22.5. The van der Waals surface area contributed by atoms with Gasteiger partial charge in [0.25, 0.3) is 5.89 Å². The standard InChI is InChI=1S/C22H26F2N4O4/c1-31-22(30)16-12-28(14-5-3-2-4-6-14)10-9-18(16)25-19(29)21-27-26-20(32-21)15-8-7-13(23)11-17(15)24/h7-8,11,14,16,18H,2-6,9-10,12H2,1H3,(H,25,29). The van der Waals surface area contributed by atoms with E-state index in [0.717, 1.165) is 31.5 Å². The van der Waals surface area contributed by atoms with Gasteiger partial charge >= 0.3 is 17.8 Å². The van der Waals surface area contributed by atoms with Gasteiger partial charge in [-0.3, -0.25) is 14.5 Å². The van der Waals surface area contributed by atoms with Crippen LogP contribution >= 0.6 is 0 Å². The zero-order valence-corrected chi connectivity index (χ0v) is 17.9. The third-order valence-electron chi connectivity index (χ3n) is 6.34. The molecule has 172 valence electrons. The molecule has 10 heteroatoms. The molecule has 1 saturated carbocycles. The molecular formula is C22H26F2N4O4. The van der Waals surface area contributed by atoms with Gasteiger partial charge in [0.1, 0.15) is 11.6 Å². The van der Waals surface area contributed by atoms with Crippen LogP contribution in [0.4, 0.5) is 8.78 Å². The molecule has 2 atom stereocenters. The van der Waals surface area contributed by atoms with Crippen LogP contribution in [0.3, 0.4) is 0 Å². The van der Waals surface area contributed by atoms with Crippen molar-refractivity contribution in [3.8, 4) is 11.5 Å². The number of ether oxygens (including phenoxy) is 1. The number of carbonyl (C=O) groups is 2. The lowest BCUT2D eigenvalue weighted by Gasteiger charge is -2.42. The number of carbonyl (C=O) groups excluding carboxylic acids is 2. The van der Waals surface area contributed by atoms with Gasteiger partial charge in [0.05, 0.1) is 18.6 Å². The topological polar surface area (TPSA) is 97.6 Å². The third-order valence-corrected chi connectivity index (χ3v) is 6.34. The van der Waals surface area contributed by atoms with Crippen molar-refractivity contribution in [2.24, 2.45) is 5.92 Å². The molecule has 2 aromatic rings. The highest BCUT2D eigenvalue weighted by molar-refractivity contribution is 5.90. The van der Waals surface area contributed by atoms with E-state index in [1.165, 1.54) is 26.4 Å². The number of nitrogens with zero attached hydrogens (tertiary/aromatic N) is 3. The molecular weight excluding hydrogens is 422 g/mol. The van der Waals surface area contributed by atoms with Crippen LogP contribution in [-0.2, 0) is 9.53 Å². The van der Waals surface area contributed by atoms with Crippen LogP contribution in [0.2, 0.25) is 0 Å². The van der Waals surface area contributed by atoms with Gasteiger partial charge in [0, 0.05) is 31.2 Å². The quantitative estimate of drug-likeness (QED) is 0.703. The van der Waals surface area contributed by atoms with Crippen LogP contribution in [0.25, 0.3) is 11.5 Å². The predicted molar refractivity (Wildman–Crippen MR) is 109 cm³/mol. The van der Waals surface area contributed by atoms with Crippen molar-refractivity contribution in [3.05, 3.63) is 35.7 Å². The summed E-state index contributed by atoms with van der Waals surface area (Å²) >= 11 is 0. The number of halogens is 2. The van der Waals surface area contributed by atoms with Gasteiger partial charge in [-0.05, 0) is 31.4 Å². The molecule has 1 aromatic heterocycles. The number of piperidine rings is 1. The number of benzene rings is 1. The van der Waals surface area contributed by atoms with Crippen molar-refractivity contribution < 1.29 is 27.5 Å². The van der Waals surface area contributed by atoms with E-state index in [0.29, 0.717) is 25.1 Å². The summed E-state index contributed by atoms with van der Waals surface area (Å²) in [5.74, 6) is -3.76. The molecule has 1 aromatic carbocycles. The van der Waals surface area contributed by atoms with E-state index in [9.17, 15) is 18.4 Å². The maximum absolute atomic E-state index is 14.0. The van der Waals surface area contributed by atoms with Gasteiger partial charge in [0.15, 0.2) is 0 Å². The van der Waals surface area contributed by atoms with Gasteiger partial charge in [0.2, 0.25) is 0 Å². The van der Waals surface area contributed by atoms with Crippen molar-refractivity contribution in [2.45, 2.75) is 50.6 Å². The van der Waals surface area contributed by atoms with Crippen molar-refractivity contribution in [3.63, 3.8) is 0 Å². The summed E-state index contributed by atoms with van der Waals surface area (Å²) in [5.41, 5.74) is -0.105. The van der Waals surface area contributed by atoms with Gasteiger partial charge in [-0.25, -0.2) is 8.78 Å². The van der Waals surface area contributed by atoms with E-state index in [4.69, 9.17) is 9.15 Å². The van der Waals surface area contributed by atoms with Gasteiger partial charge in [-0.15, -0.1) is 10.2 Å². The molecule has 32 heavy (non-hydrogen) atoms. The first-order valence-corrected chi connectivity index (χ1v) is 10.9. The van der Waals surface area contributed by atoms with Gasteiger partial charge in [-0.2, -0.15) is 0 Å². The number of amides is 1. The summed E-state index contributed by atoms with van der Waals surface area (Å²) in [4.78, 5) is 27.5. The number of hydrogen-bond donors (Lipinski definition) is 1. The predicted octanol–water partition coefficient (Wildman–Crippen LogP) is 2.94. The smallest absolute Gasteiger partial charge is 0.312 e. The highest BCUT2D eigenvalue weighted by Crippen LogP contribution is 2.28. The fourth-order valence-corrected chi connectivity index (χ4v) is 4.63. The van der Waals surface area contributed by atoms with Crippen molar-refractivity contribution in [1.29, 1.82) is 0 Å². The average Bonchev–Trinajstić information content (AvgIpc) is 3.29. The molecule has 1 aliphatic carbocycles. The summed E-state index contributed by atoms with van der Waals surface area (Å²) in [6, 6.07) is 2.92.